The van der Waals surface area contributed by atoms with Gasteiger partial charge in [-0.25, -0.2) is 4.98 Å². The van der Waals surface area contributed by atoms with Gasteiger partial charge in [0.2, 0.25) is 0 Å². The summed E-state index contributed by atoms with van der Waals surface area (Å²) in [4.78, 5) is 6.61. The first-order valence-electron chi connectivity index (χ1n) is 7.10. The van der Waals surface area contributed by atoms with Crippen LogP contribution in [0.3, 0.4) is 0 Å². The number of hydrogen-bond acceptors (Lipinski definition) is 4. The fourth-order valence-corrected chi connectivity index (χ4v) is 3.19. The molecule has 2 fully saturated rings. The average molecular weight is 257 g/mol. The van der Waals surface area contributed by atoms with Crippen molar-refractivity contribution >= 4 is 5.82 Å². The minimum Gasteiger partial charge on any atom is -0.378 e. The van der Waals surface area contributed by atoms with E-state index in [1.54, 1.807) is 6.20 Å². The van der Waals surface area contributed by atoms with E-state index in [-0.39, 0.29) is 0 Å². The Morgan fingerprint density at radius 3 is 2.84 bits per heavy atom. The minimum atomic E-state index is 0.473. The van der Waals surface area contributed by atoms with E-state index in [1.165, 1.54) is 12.8 Å². The van der Waals surface area contributed by atoms with Gasteiger partial charge in [-0.2, -0.15) is 5.26 Å². The lowest BCUT2D eigenvalue weighted by Crippen LogP contribution is -2.38. The lowest BCUT2D eigenvalue weighted by Gasteiger charge is -2.35. The van der Waals surface area contributed by atoms with Crippen molar-refractivity contribution in [2.45, 2.75) is 31.8 Å². The molecule has 2 aliphatic rings. The monoisotopic (exact) mass is 257 g/mol. The van der Waals surface area contributed by atoms with Gasteiger partial charge in [0, 0.05) is 25.9 Å². The SMILES string of the molecule is N#Cc1cccnc1N1CCC(C2CCCO2)CC1. The quantitative estimate of drug-likeness (QED) is 0.816. The third kappa shape index (κ3) is 2.57. The van der Waals surface area contributed by atoms with E-state index < -0.39 is 0 Å². The summed E-state index contributed by atoms with van der Waals surface area (Å²) >= 11 is 0. The van der Waals surface area contributed by atoms with Crippen LogP contribution in [0.25, 0.3) is 0 Å². The molecule has 0 radical (unpaired) electrons. The number of aromatic nitrogens is 1. The van der Waals surface area contributed by atoms with Gasteiger partial charge in [0.1, 0.15) is 11.9 Å². The van der Waals surface area contributed by atoms with E-state index in [4.69, 9.17) is 10.00 Å². The van der Waals surface area contributed by atoms with E-state index in [2.05, 4.69) is 16.0 Å². The second-order valence-electron chi connectivity index (χ2n) is 5.36. The van der Waals surface area contributed by atoms with Crippen LogP contribution in [-0.4, -0.2) is 30.8 Å². The molecule has 0 aliphatic carbocycles. The van der Waals surface area contributed by atoms with Gasteiger partial charge in [-0.1, -0.05) is 0 Å². The number of ether oxygens (including phenoxy) is 1. The Morgan fingerprint density at radius 1 is 1.32 bits per heavy atom. The smallest absolute Gasteiger partial charge is 0.146 e. The van der Waals surface area contributed by atoms with Gasteiger partial charge in [-0.3, -0.25) is 0 Å². The molecule has 2 saturated heterocycles. The zero-order valence-corrected chi connectivity index (χ0v) is 11.1. The van der Waals surface area contributed by atoms with Crippen molar-refractivity contribution in [3.05, 3.63) is 23.9 Å². The summed E-state index contributed by atoms with van der Waals surface area (Å²) in [6.45, 7) is 2.90. The summed E-state index contributed by atoms with van der Waals surface area (Å²) in [6.07, 6.45) is 6.96. The molecule has 0 N–H and O–H groups in total. The van der Waals surface area contributed by atoms with E-state index in [0.29, 0.717) is 17.6 Å². The molecule has 100 valence electrons. The number of piperidine rings is 1. The lowest BCUT2D eigenvalue weighted by molar-refractivity contribution is 0.0531. The maximum Gasteiger partial charge on any atom is 0.146 e. The third-order valence-electron chi connectivity index (χ3n) is 4.24. The molecule has 0 aromatic carbocycles. The Balaban J connectivity index is 1.65. The van der Waals surface area contributed by atoms with Crippen molar-refractivity contribution < 1.29 is 4.74 Å². The molecule has 1 atom stereocenters. The predicted octanol–water partition coefficient (Wildman–Crippen LogP) is 2.35. The van der Waals surface area contributed by atoms with Crippen LogP contribution in [-0.2, 0) is 4.74 Å². The van der Waals surface area contributed by atoms with Gasteiger partial charge in [0.05, 0.1) is 11.7 Å². The maximum absolute atomic E-state index is 9.14. The van der Waals surface area contributed by atoms with Crippen molar-refractivity contribution in [3.8, 4) is 6.07 Å². The number of hydrogen-bond donors (Lipinski definition) is 0. The first-order valence-corrected chi connectivity index (χ1v) is 7.10. The largest absolute Gasteiger partial charge is 0.378 e. The molecule has 19 heavy (non-hydrogen) atoms. The van der Waals surface area contributed by atoms with Gasteiger partial charge < -0.3 is 9.64 Å². The van der Waals surface area contributed by atoms with Crippen LogP contribution in [0.2, 0.25) is 0 Å². The van der Waals surface area contributed by atoms with Crippen molar-refractivity contribution in [1.82, 2.24) is 4.98 Å². The molecule has 4 heteroatoms. The molecule has 0 saturated carbocycles. The van der Waals surface area contributed by atoms with Crippen LogP contribution in [0, 0.1) is 17.2 Å². The van der Waals surface area contributed by atoms with Crippen molar-refractivity contribution in [1.29, 1.82) is 5.26 Å². The van der Waals surface area contributed by atoms with Gasteiger partial charge >= 0.3 is 0 Å². The van der Waals surface area contributed by atoms with E-state index in [0.717, 1.165) is 38.4 Å². The molecule has 3 heterocycles. The van der Waals surface area contributed by atoms with E-state index >= 15 is 0 Å². The number of rotatable bonds is 2. The topological polar surface area (TPSA) is 49.2 Å². The summed E-state index contributed by atoms with van der Waals surface area (Å²) < 4.78 is 5.79. The van der Waals surface area contributed by atoms with Crippen molar-refractivity contribution in [3.63, 3.8) is 0 Å². The Labute approximate surface area is 114 Å². The van der Waals surface area contributed by atoms with E-state index in [1.807, 2.05) is 12.1 Å². The van der Waals surface area contributed by atoms with Crippen LogP contribution in [0.4, 0.5) is 5.82 Å². The molecule has 0 bridgehead atoms. The summed E-state index contributed by atoms with van der Waals surface area (Å²) in [7, 11) is 0. The number of pyridine rings is 1. The van der Waals surface area contributed by atoms with E-state index in [9.17, 15) is 0 Å². The Morgan fingerprint density at radius 2 is 2.16 bits per heavy atom. The highest BCUT2D eigenvalue weighted by Crippen LogP contribution is 2.30. The normalized spacial score (nSPS) is 24.4. The van der Waals surface area contributed by atoms with Gasteiger partial charge in [-0.15, -0.1) is 0 Å². The summed E-state index contributed by atoms with van der Waals surface area (Å²) in [5.74, 6) is 1.53. The average Bonchev–Trinajstić information content (AvgIpc) is 3.02. The summed E-state index contributed by atoms with van der Waals surface area (Å²) in [5, 5.41) is 9.14. The van der Waals surface area contributed by atoms with Crippen LogP contribution >= 0.6 is 0 Å². The van der Waals surface area contributed by atoms with Crippen LogP contribution in [0.15, 0.2) is 18.3 Å². The first-order chi connectivity index (χ1) is 9.38. The molecule has 0 amide bonds. The number of anilines is 1. The molecule has 1 aromatic heterocycles. The molecule has 4 nitrogen and oxygen atoms in total. The standard InChI is InChI=1S/C15H19N3O/c16-11-13-3-1-7-17-15(13)18-8-5-12(6-9-18)14-4-2-10-19-14/h1,3,7,12,14H,2,4-6,8-10H2. The highest BCUT2D eigenvalue weighted by Gasteiger charge is 2.30. The second kappa shape index (κ2) is 5.58. The fraction of sp³-hybridized carbons (Fsp3) is 0.600. The van der Waals surface area contributed by atoms with Gasteiger partial charge in [0.25, 0.3) is 0 Å². The summed E-state index contributed by atoms with van der Waals surface area (Å²) in [6, 6.07) is 5.89. The second-order valence-corrected chi connectivity index (χ2v) is 5.36. The Hall–Kier alpha value is -1.60. The molecule has 1 aromatic rings. The van der Waals surface area contributed by atoms with Crippen LogP contribution in [0.1, 0.15) is 31.2 Å². The van der Waals surface area contributed by atoms with Crippen LogP contribution < -0.4 is 4.90 Å². The van der Waals surface area contributed by atoms with Gasteiger partial charge in [0.15, 0.2) is 0 Å². The molecular weight excluding hydrogens is 238 g/mol. The zero-order valence-electron chi connectivity index (χ0n) is 11.1. The van der Waals surface area contributed by atoms with Crippen LogP contribution in [0.5, 0.6) is 0 Å². The fourth-order valence-electron chi connectivity index (χ4n) is 3.19. The Kier molecular flexibility index (Phi) is 3.65. The third-order valence-corrected chi connectivity index (χ3v) is 4.24. The molecular formula is C15H19N3O. The lowest BCUT2D eigenvalue weighted by atomic mass is 9.90. The molecule has 1 unspecified atom stereocenters. The molecule has 2 aliphatic heterocycles. The van der Waals surface area contributed by atoms with Gasteiger partial charge in [-0.05, 0) is 43.7 Å². The highest BCUT2D eigenvalue weighted by molar-refractivity contribution is 5.53. The van der Waals surface area contributed by atoms with Crippen molar-refractivity contribution in [2.24, 2.45) is 5.92 Å². The molecule has 3 rings (SSSR count). The minimum absolute atomic E-state index is 0.473. The first kappa shape index (κ1) is 12.4. The maximum atomic E-state index is 9.14. The highest BCUT2D eigenvalue weighted by atomic mass is 16.5. The zero-order chi connectivity index (χ0) is 13.1. The number of nitriles is 1. The van der Waals surface area contributed by atoms with Crippen molar-refractivity contribution in [2.75, 3.05) is 24.6 Å². The Bertz CT molecular complexity index is 469. The summed E-state index contributed by atoms with van der Waals surface area (Å²) in [5.41, 5.74) is 0.679. The predicted molar refractivity (Wildman–Crippen MR) is 72.9 cm³/mol. The number of nitrogens with zero attached hydrogens (tertiary/aromatic N) is 3. The molecule has 0 spiro atoms.